The minimum absolute atomic E-state index is 0.00394. The van der Waals surface area contributed by atoms with E-state index in [-0.39, 0.29) is 12.2 Å². The predicted molar refractivity (Wildman–Crippen MR) is 98.3 cm³/mol. The second-order valence-electron chi connectivity index (χ2n) is 7.10. The minimum atomic E-state index is -4.51. The summed E-state index contributed by atoms with van der Waals surface area (Å²) in [6, 6.07) is 9.60. The molecule has 2 aromatic rings. The first-order valence-electron chi connectivity index (χ1n) is 8.56. The van der Waals surface area contributed by atoms with Crippen LogP contribution < -0.4 is 15.0 Å². The molecule has 0 aromatic heterocycles. The lowest BCUT2D eigenvalue weighted by molar-refractivity contribution is -0.137. The summed E-state index contributed by atoms with van der Waals surface area (Å²) >= 11 is 0. The van der Waals surface area contributed by atoms with Gasteiger partial charge < -0.3 is 10.1 Å². The molecular weight excluding hydrogens is 373 g/mol. The zero-order chi connectivity index (χ0) is 20.7. The minimum Gasteiger partial charge on any atom is -0.476 e. The molecule has 3 rings (SSSR count). The van der Waals surface area contributed by atoms with Crippen molar-refractivity contribution in [2.45, 2.75) is 32.5 Å². The number of rotatable bonds is 3. The Hall–Kier alpha value is -3.03. The lowest BCUT2D eigenvalue weighted by atomic mass is 10.0. The van der Waals surface area contributed by atoms with Crippen molar-refractivity contribution in [3.05, 3.63) is 53.6 Å². The summed E-state index contributed by atoms with van der Waals surface area (Å²) in [4.78, 5) is 26.5. The molecule has 1 aliphatic rings. The summed E-state index contributed by atoms with van der Waals surface area (Å²) < 4.78 is 44.2. The van der Waals surface area contributed by atoms with Gasteiger partial charge in [0.1, 0.15) is 12.3 Å². The summed E-state index contributed by atoms with van der Waals surface area (Å²) in [5.74, 6) is -0.565. The number of anilines is 2. The first-order chi connectivity index (χ1) is 13.0. The number of carbonyl (C=O) groups excluding carboxylic acids is 2. The van der Waals surface area contributed by atoms with Gasteiger partial charge in [0.25, 0.3) is 5.91 Å². The zero-order valence-electron chi connectivity index (χ0n) is 15.6. The first kappa shape index (κ1) is 19.7. The monoisotopic (exact) mass is 392 g/mol. The van der Waals surface area contributed by atoms with Crippen molar-refractivity contribution >= 4 is 23.2 Å². The van der Waals surface area contributed by atoms with Crippen LogP contribution in [-0.2, 0) is 15.8 Å². The molecule has 1 aliphatic heterocycles. The number of fused-ring (bicyclic) bond motifs is 1. The highest BCUT2D eigenvalue weighted by Crippen LogP contribution is 2.38. The third-order valence-electron chi connectivity index (χ3n) is 4.31. The molecule has 0 unspecified atom stereocenters. The van der Waals surface area contributed by atoms with Gasteiger partial charge in [0.15, 0.2) is 5.60 Å². The van der Waals surface area contributed by atoms with E-state index >= 15 is 0 Å². The van der Waals surface area contributed by atoms with Crippen molar-refractivity contribution in [2.24, 2.45) is 0 Å². The maximum Gasteiger partial charge on any atom is 0.416 e. The second kappa shape index (κ2) is 6.85. The van der Waals surface area contributed by atoms with Crippen LogP contribution >= 0.6 is 0 Å². The van der Waals surface area contributed by atoms with Crippen LogP contribution in [0.3, 0.4) is 0 Å². The molecule has 0 saturated heterocycles. The van der Waals surface area contributed by atoms with Gasteiger partial charge in [-0.05, 0) is 56.7 Å². The molecule has 0 atom stereocenters. The van der Waals surface area contributed by atoms with Gasteiger partial charge in [-0.25, -0.2) is 0 Å². The van der Waals surface area contributed by atoms with Crippen molar-refractivity contribution in [2.75, 3.05) is 16.8 Å². The van der Waals surface area contributed by atoms with Gasteiger partial charge >= 0.3 is 6.18 Å². The van der Waals surface area contributed by atoms with Crippen molar-refractivity contribution in [1.29, 1.82) is 0 Å². The first-order valence-corrected chi connectivity index (χ1v) is 8.56. The Morgan fingerprint density at radius 3 is 2.57 bits per heavy atom. The number of benzene rings is 2. The fourth-order valence-corrected chi connectivity index (χ4v) is 2.95. The average molecular weight is 392 g/mol. The molecule has 8 heteroatoms. The Morgan fingerprint density at radius 2 is 1.89 bits per heavy atom. The number of halogens is 3. The van der Waals surface area contributed by atoms with Crippen molar-refractivity contribution in [3.8, 4) is 5.75 Å². The average Bonchev–Trinajstić information content (AvgIpc) is 2.59. The van der Waals surface area contributed by atoms with Crippen molar-refractivity contribution in [1.82, 2.24) is 0 Å². The normalized spacial score (nSPS) is 15.6. The van der Waals surface area contributed by atoms with E-state index in [0.717, 1.165) is 17.7 Å². The summed E-state index contributed by atoms with van der Waals surface area (Å²) in [7, 11) is 0. The van der Waals surface area contributed by atoms with E-state index in [1.807, 2.05) is 13.0 Å². The Morgan fingerprint density at radius 1 is 1.18 bits per heavy atom. The highest BCUT2D eigenvalue weighted by Gasteiger charge is 2.41. The summed E-state index contributed by atoms with van der Waals surface area (Å²) in [5.41, 5.74) is -0.709. The Kier molecular flexibility index (Phi) is 4.82. The van der Waals surface area contributed by atoms with Gasteiger partial charge in [-0.1, -0.05) is 12.1 Å². The number of hydrogen-bond donors (Lipinski definition) is 1. The van der Waals surface area contributed by atoms with E-state index in [2.05, 4.69) is 5.32 Å². The highest BCUT2D eigenvalue weighted by atomic mass is 19.4. The second-order valence-corrected chi connectivity index (χ2v) is 7.10. The van der Waals surface area contributed by atoms with E-state index in [1.165, 1.54) is 17.0 Å². The van der Waals surface area contributed by atoms with E-state index in [1.54, 1.807) is 26.0 Å². The van der Waals surface area contributed by atoms with Gasteiger partial charge in [0.2, 0.25) is 5.91 Å². The predicted octanol–water partition coefficient (Wildman–Crippen LogP) is 4.16. The number of carbonyl (C=O) groups is 2. The maximum atomic E-state index is 12.8. The Labute approximate surface area is 160 Å². The van der Waals surface area contributed by atoms with Gasteiger partial charge in [-0.15, -0.1) is 0 Å². The summed E-state index contributed by atoms with van der Waals surface area (Å²) in [5, 5.41) is 2.42. The fourth-order valence-electron chi connectivity index (χ4n) is 2.95. The molecule has 148 valence electrons. The molecule has 0 spiro atoms. The molecule has 1 heterocycles. The number of aryl methyl sites for hydroxylation is 1. The highest BCUT2D eigenvalue weighted by molar-refractivity contribution is 6.07. The van der Waals surface area contributed by atoms with Crippen LogP contribution in [0.15, 0.2) is 42.5 Å². The molecule has 28 heavy (non-hydrogen) atoms. The van der Waals surface area contributed by atoms with Crippen LogP contribution in [0.4, 0.5) is 24.5 Å². The maximum absolute atomic E-state index is 12.8. The van der Waals surface area contributed by atoms with Crippen LogP contribution in [0.25, 0.3) is 0 Å². The van der Waals surface area contributed by atoms with Gasteiger partial charge in [-0.2, -0.15) is 13.2 Å². The van der Waals surface area contributed by atoms with Crippen LogP contribution in [0, 0.1) is 6.92 Å². The number of hydrogen-bond acceptors (Lipinski definition) is 3. The van der Waals surface area contributed by atoms with Crippen LogP contribution in [-0.4, -0.2) is 24.0 Å². The Bertz CT molecular complexity index is 939. The number of ether oxygens (including phenoxy) is 1. The molecule has 2 aromatic carbocycles. The van der Waals surface area contributed by atoms with Crippen molar-refractivity contribution in [3.63, 3.8) is 0 Å². The summed E-state index contributed by atoms with van der Waals surface area (Å²) in [6.45, 7) is 4.68. The number of alkyl halides is 3. The smallest absolute Gasteiger partial charge is 0.416 e. The molecule has 5 nitrogen and oxygen atoms in total. The number of nitrogens with one attached hydrogen (secondary N) is 1. The number of amides is 2. The third kappa shape index (κ3) is 3.95. The van der Waals surface area contributed by atoms with Gasteiger partial charge in [0, 0.05) is 5.69 Å². The molecular formula is C20H19F3N2O3. The molecule has 0 radical (unpaired) electrons. The molecule has 0 saturated carbocycles. The summed E-state index contributed by atoms with van der Waals surface area (Å²) in [6.07, 6.45) is -4.51. The zero-order valence-corrected chi connectivity index (χ0v) is 15.6. The van der Waals surface area contributed by atoms with Crippen LogP contribution in [0.5, 0.6) is 5.75 Å². The lowest BCUT2D eigenvalue weighted by Gasteiger charge is -2.38. The lowest BCUT2D eigenvalue weighted by Crippen LogP contribution is -2.54. The Balaban J connectivity index is 1.84. The van der Waals surface area contributed by atoms with Gasteiger partial charge in [-0.3, -0.25) is 14.5 Å². The molecule has 0 aliphatic carbocycles. The van der Waals surface area contributed by atoms with E-state index < -0.39 is 29.2 Å². The SMILES string of the molecule is Cc1ccc2c(c1)N(CC(=O)Nc1cccc(C(F)(F)F)c1)C(=O)C(C)(C)O2. The largest absolute Gasteiger partial charge is 0.476 e. The van der Waals surface area contributed by atoms with Crippen LogP contribution in [0.2, 0.25) is 0 Å². The topological polar surface area (TPSA) is 58.6 Å². The van der Waals surface area contributed by atoms with E-state index in [9.17, 15) is 22.8 Å². The molecule has 0 bridgehead atoms. The van der Waals surface area contributed by atoms with Crippen LogP contribution in [0.1, 0.15) is 25.0 Å². The molecule has 2 amide bonds. The quantitative estimate of drug-likeness (QED) is 0.854. The third-order valence-corrected chi connectivity index (χ3v) is 4.31. The fraction of sp³-hybridized carbons (Fsp3) is 0.300. The number of nitrogens with zero attached hydrogens (tertiary/aromatic N) is 1. The standard InChI is InChI=1S/C20H19F3N2O3/c1-12-7-8-16-15(9-12)25(18(27)19(2,3)28-16)11-17(26)24-14-6-4-5-13(10-14)20(21,22)23/h4-10H,11H2,1-3H3,(H,24,26). The van der Waals surface area contributed by atoms with Gasteiger partial charge in [0.05, 0.1) is 11.3 Å². The molecule has 1 N–H and O–H groups in total. The van der Waals surface area contributed by atoms with Crippen molar-refractivity contribution < 1.29 is 27.5 Å². The van der Waals surface area contributed by atoms with E-state index in [0.29, 0.717) is 11.4 Å². The van der Waals surface area contributed by atoms with E-state index in [4.69, 9.17) is 4.74 Å². The molecule has 0 fully saturated rings.